The summed E-state index contributed by atoms with van der Waals surface area (Å²) in [6, 6.07) is 3.26. The molecule has 86 valence electrons. The van der Waals surface area contributed by atoms with E-state index in [-0.39, 0.29) is 11.7 Å². The number of hydrogen-bond acceptors (Lipinski definition) is 4. The number of benzene rings is 1. The molecule has 0 aromatic heterocycles. The van der Waals surface area contributed by atoms with E-state index in [0.717, 1.165) is 0 Å². The van der Waals surface area contributed by atoms with Crippen molar-refractivity contribution >= 4 is 28.1 Å². The molecule has 1 aromatic carbocycles. The van der Waals surface area contributed by atoms with Gasteiger partial charge in [0.1, 0.15) is 0 Å². The van der Waals surface area contributed by atoms with Gasteiger partial charge in [0, 0.05) is 0 Å². The van der Waals surface area contributed by atoms with E-state index < -0.39 is 0 Å². The summed E-state index contributed by atoms with van der Waals surface area (Å²) >= 11 is 3.18. The molecule has 16 heavy (non-hydrogen) atoms. The molecule has 1 aromatic rings. The summed E-state index contributed by atoms with van der Waals surface area (Å²) in [4.78, 5) is 0. The second kappa shape index (κ2) is 5.36. The third-order valence-electron chi connectivity index (χ3n) is 1.65. The molecule has 0 spiro atoms. The van der Waals surface area contributed by atoms with Gasteiger partial charge >= 0.3 is 0 Å². The summed E-state index contributed by atoms with van der Waals surface area (Å²) in [5.74, 6) is 0.239. The first-order valence-corrected chi connectivity index (χ1v) is 5.02. The fourth-order valence-electron chi connectivity index (χ4n) is 0.986. The molecule has 1 rings (SSSR count). The van der Waals surface area contributed by atoms with Gasteiger partial charge < -0.3 is 21.3 Å². The van der Waals surface area contributed by atoms with E-state index in [2.05, 4.69) is 26.1 Å². The lowest BCUT2D eigenvalue weighted by molar-refractivity contribution is 0.372. The molecule has 0 heterocycles. The van der Waals surface area contributed by atoms with Gasteiger partial charge in [-0.05, 0) is 33.6 Å². The van der Waals surface area contributed by atoms with Crippen molar-refractivity contribution in [3.8, 4) is 11.5 Å². The van der Waals surface area contributed by atoms with Crippen LogP contribution in [0.25, 0.3) is 0 Å². The number of halogens is 1. The number of hydrogen-bond donors (Lipinski definition) is 3. The van der Waals surface area contributed by atoms with E-state index in [1.807, 2.05) is 0 Å². The summed E-state index contributed by atoms with van der Waals surface area (Å²) in [5.41, 5.74) is 10.9. The predicted molar refractivity (Wildman–Crippen MR) is 65.8 cm³/mol. The number of nitrogens with two attached hydrogens (primary N) is 2. The maximum atomic E-state index is 9.55. The van der Waals surface area contributed by atoms with Gasteiger partial charge in [-0.3, -0.25) is 0 Å². The van der Waals surface area contributed by atoms with Crippen LogP contribution in [0.4, 0.5) is 0 Å². The van der Waals surface area contributed by atoms with Crippen LogP contribution < -0.4 is 16.2 Å². The molecule has 0 aliphatic rings. The van der Waals surface area contributed by atoms with Gasteiger partial charge in [0.15, 0.2) is 11.5 Å². The molecular formula is C9H11BrN4O2. The fourth-order valence-corrected chi connectivity index (χ4v) is 1.45. The molecule has 0 unspecified atom stereocenters. The second-order valence-corrected chi connectivity index (χ2v) is 3.68. The van der Waals surface area contributed by atoms with Crippen molar-refractivity contribution in [2.75, 3.05) is 7.11 Å². The van der Waals surface area contributed by atoms with Gasteiger partial charge in [-0.15, -0.1) is 5.10 Å². The highest BCUT2D eigenvalue weighted by Gasteiger charge is 2.07. The lowest BCUT2D eigenvalue weighted by atomic mass is 10.2. The van der Waals surface area contributed by atoms with Crippen LogP contribution in [0, 0.1) is 0 Å². The highest BCUT2D eigenvalue weighted by Crippen LogP contribution is 2.34. The van der Waals surface area contributed by atoms with Crippen molar-refractivity contribution < 1.29 is 9.84 Å². The van der Waals surface area contributed by atoms with Crippen LogP contribution in [-0.2, 0) is 0 Å². The predicted octanol–water partition coefficient (Wildman–Crippen LogP) is 0.771. The molecule has 5 N–H and O–H groups in total. The van der Waals surface area contributed by atoms with Crippen molar-refractivity contribution in [2.24, 2.45) is 21.7 Å². The Morgan fingerprint density at radius 3 is 2.75 bits per heavy atom. The van der Waals surface area contributed by atoms with Crippen molar-refractivity contribution in [3.63, 3.8) is 0 Å². The van der Waals surface area contributed by atoms with Crippen LogP contribution in [0.3, 0.4) is 0 Å². The largest absolute Gasteiger partial charge is 0.503 e. The zero-order valence-electron chi connectivity index (χ0n) is 8.51. The second-order valence-electron chi connectivity index (χ2n) is 2.82. The number of ether oxygens (including phenoxy) is 1. The first-order valence-electron chi connectivity index (χ1n) is 4.23. The Balaban J connectivity index is 3.03. The molecule has 6 nitrogen and oxygen atoms in total. The SMILES string of the molecule is COc1cc(C=NN=C(N)N)cc(Br)c1O. The minimum atomic E-state index is -0.124. The Hall–Kier alpha value is -1.76. The highest BCUT2D eigenvalue weighted by molar-refractivity contribution is 9.10. The number of guanidine groups is 1. The molecule has 0 atom stereocenters. The minimum absolute atomic E-state index is 0.0292. The van der Waals surface area contributed by atoms with Gasteiger partial charge in [0.25, 0.3) is 0 Å². The van der Waals surface area contributed by atoms with Gasteiger partial charge in [0.2, 0.25) is 5.96 Å². The van der Waals surface area contributed by atoms with Crippen molar-refractivity contribution in [1.29, 1.82) is 0 Å². The number of methoxy groups -OCH3 is 1. The monoisotopic (exact) mass is 286 g/mol. The van der Waals surface area contributed by atoms with Crippen LogP contribution in [0.5, 0.6) is 11.5 Å². The smallest absolute Gasteiger partial charge is 0.211 e. The first-order chi connectivity index (χ1) is 7.54. The molecule has 0 saturated heterocycles. The molecule has 0 fully saturated rings. The van der Waals surface area contributed by atoms with E-state index in [1.165, 1.54) is 13.3 Å². The number of phenols is 1. The van der Waals surface area contributed by atoms with E-state index in [9.17, 15) is 5.11 Å². The fraction of sp³-hybridized carbons (Fsp3) is 0.111. The van der Waals surface area contributed by atoms with E-state index >= 15 is 0 Å². The molecular weight excluding hydrogens is 276 g/mol. The molecule has 0 aliphatic carbocycles. The molecule has 0 saturated carbocycles. The van der Waals surface area contributed by atoms with Crippen molar-refractivity contribution in [2.45, 2.75) is 0 Å². The Kier molecular flexibility index (Phi) is 4.12. The average molecular weight is 287 g/mol. The van der Waals surface area contributed by atoms with E-state index in [4.69, 9.17) is 16.2 Å². The first kappa shape index (κ1) is 12.3. The zero-order valence-corrected chi connectivity index (χ0v) is 10.1. The van der Waals surface area contributed by atoms with Crippen LogP contribution in [-0.4, -0.2) is 24.4 Å². The Morgan fingerprint density at radius 1 is 1.50 bits per heavy atom. The van der Waals surface area contributed by atoms with Gasteiger partial charge in [-0.2, -0.15) is 5.10 Å². The Labute approximate surface area is 101 Å². The average Bonchev–Trinajstić information content (AvgIpc) is 2.22. The number of nitrogens with zero attached hydrogens (tertiary/aromatic N) is 2. The van der Waals surface area contributed by atoms with Crippen LogP contribution in [0.15, 0.2) is 26.8 Å². The van der Waals surface area contributed by atoms with E-state index in [0.29, 0.717) is 15.8 Å². The molecule has 0 amide bonds. The maximum Gasteiger partial charge on any atom is 0.211 e. The lowest BCUT2D eigenvalue weighted by Gasteiger charge is -2.05. The normalized spacial score (nSPS) is 10.4. The molecule has 7 heteroatoms. The maximum absolute atomic E-state index is 9.55. The highest BCUT2D eigenvalue weighted by atomic mass is 79.9. The van der Waals surface area contributed by atoms with Gasteiger partial charge in [-0.1, -0.05) is 0 Å². The molecule has 0 bridgehead atoms. The summed E-state index contributed by atoms with van der Waals surface area (Å²) in [6.07, 6.45) is 1.44. The van der Waals surface area contributed by atoms with Crippen LogP contribution in [0.1, 0.15) is 5.56 Å². The third kappa shape index (κ3) is 3.13. The summed E-state index contributed by atoms with van der Waals surface area (Å²) in [5, 5.41) is 16.6. The topological polar surface area (TPSA) is 106 Å². The summed E-state index contributed by atoms with van der Waals surface area (Å²) < 4.78 is 5.47. The standard InChI is InChI=1S/C9H11BrN4O2/c1-16-7-3-5(2-6(10)8(7)15)4-13-14-9(11)12/h2-4,15H,1H3,(H4,11,12,14). The third-order valence-corrected chi connectivity index (χ3v) is 2.26. The van der Waals surface area contributed by atoms with Crippen LogP contribution >= 0.6 is 15.9 Å². The molecule has 0 aliphatic heterocycles. The number of rotatable bonds is 3. The number of aromatic hydroxyl groups is 1. The van der Waals surface area contributed by atoms with Gasteiger partial charge in [-0.25, -0.2) is 0 Å². The molecule has 0 radical (unpaired) electrons. The zero-order chi connectivity index (χ0) is 12.1. The Morgan fingerprint density at radius 2 is 2.19 bits per heavy atom. The minimum Gasteiger partial charge on any atom is -0.503 e. The lowest BCUT2D eigenvalue weighted by Crippen LogP contribution is -2.21. The van der Waals surface area contributed by atoms with Crippen LogP contribution in [0.2, 0.25) is 0 Å². The van der Waals surface area contributed by atoms with Crippen molar-refractivity contribution in [1.82, 2.24) is 0 Å². The quantitative estimate of drug-likeness (QED) is 0.433. The number of phenolic OH excluding ortho intramolecular Hbond substituents is 1. The van der Waals surface area contributed by atoms with E-state index in [1.54, 1.807) is 12.1 Å². The van der Waals surface area contributed by atoms with Gasteiger partial charge in [0.05, 0.1) is 17.8 Å². The Bertz CT molecular complexity index is 441. The summed E-state index contributed by atoms with van der Waals surface area (Å²) in [7, 11) is 1.46. The van der Waals surface area contributed by atoms with Crippen molar-refractivity contribution in [3.05, 3.63) is 22.2 Å². The summed E-state index contributed by atoms with van der Waals surface area (Å²) in [6.45, 7) is 0.